The standard InChI is InChI=1S/C21H26N2O4/c1-3-12-23(13-4-2)14-11-16-15-22-21-17(16)7-5-8-18(21)27-20(26)10-6-9-19(24)25/h3-5,7-8,15,22H,1-2,6,9-14H2,(H,24,25). The van der Waals surface area contributed by atoms with Crippen molar-refractivity contribution in [2.45, 2.75) is 25.7 Å². The summed E-state index contributed by atoms with van der Waals surface area (Å²) in [5.74, 6) is -0.878. The van der Waals surface area contributed by atoms with E-state index in [-0.39, 0.29) is 19.3 Å². The summed E-state index contributed by atoms with van der Waals surface area (Å²) in [5, 5.41) is 9.66. The van der Waals surface area contributed by atoms with Crippen LogP contribution in [0.4, 0.5) is 0 Å². The highest BCUT2D eigenvalue weighted by atomic mass is 16.5. The topological polar surface area (TPSA) is 82.6 Å². The maximum absolute atomic E-state index is 11.9. The van der Waals surface area contributed by atoms with Crippen LogP contribution in [0.15, 0.2) is 49.7 Å². The largest absolute Gasteiger partial charge is 0.481 e. The second kappa shape index (κ2) is 10.3. The van der Waals surface area contributed by atoms with Gasteiger partial charge in [-0.15, -0.1) is 13.2 Å². The van der Waals surface area contributed by atoms with Crippen LogP contribution in [0.3, 0.4) is 0 Å². The Hall–Kier alpha value is -2.86. The average molecular weight is 370 g/mol. The zero-order valence-electron chi connectivity index (χ0n) is 15.4. The summed E-state index contributed by atoms with van der Waals surface area (Å²) in [6, 6.07) is 5.58. The average Bonchev–Trinajstić information content (AvgIpc) is 3.04. The molecule has 0 radical (unpaired) electrons. The number of carboxylic acid groups (broad SMARTS) is 1. The molecule has 6 nitrogen and oxygen atoms in total. The Morgan fingerprint density at radius 3 is 2.59 bits per heavy atom. The van der Waals surface area contributed by atoms with Crippen LogP contribution < -0.4 is 4.74 Å². The lowest BCUT2D eigenvalue weighted by molar-refractivity contribution is -0.137. The maximum Gasteiger partial charge on any atom is 0.311 e. The molecule has 1 aromatic carbocycles. The molecule has 144 valence electrons. The third-order valence-corrected chi connectivity index (χ3v) is 4.23. The number of hydrogen-bond acceptors (Lipinski definition) is 4. The Morgan fingerprint density at radius 2 is 1.93 bits per heavy atom. The Bertz CT molecular complexity index is 800. The zero-order chi connectivity index (χ0) is 19.6. The third kappa shape index (κ3) is 6.11. The van der Waals surface area contributed by atoms with Gasteiger partial charge in [0, 0.05) is 44.1 Å². The molecule has 0 atom stereocenters. The molecule has 27 heavy (non-hydrogen) atoms. The first kappa shape index (κ1) is 20.5. The van der Waals surface area contributed by atoms with Crippen molar-refractivity contribution in [2.75, 3.05) is 19.6 Å². The first-order valence-corrected chi connectivity index (χ1v) is 9.00. The van der Waals surface area contributed by atoms with Crippen LogP contribution >= 0.6 is 0 Å². The lowest BCUT2D eigenvalue weighted by Crippen LogP contribution is -2.26. The Labute approximate surface area is 159 Å². The van der Waals surface area contributed by atoms with Gasteiger partial charge in [0.15, 0.2) is 5.75 Å². The number of carbonyl (C=O) groups is 2. The smallest absolute Gasteiger partial charge is 0.311 e. The van der Waals surface area contributed by atoms with Crippen LogP contribution in [0.1, 0.15) is 24.8 Å². The van der Waals surface area contributed by atoms with Gasteiger partial charge in [-0.1, -0.05) is 24.3 Å². The molecule has 0 spiro atoms. The zero-order valence-corrected chi connectivity index (χ0v) is 15.4. The van der Waals surface area contributed by atoms with E-state index >= 15 is 0 Å². The van der Waals surface area contributed by atoms with Gasteiger partial charge >= 0.3 is 11.9 Å². The van der Waals surface area contributed by atoms with Gasteiger partial charge in [-0.25, -0.2) is 0 Å². The van der Waals surface area contributed by atoms with Gasteiger partial charge in [-0.05, 0) is 24.5 Å². The molecule has 2 N–H and O–H groups in total. The fourth-order valence-corrected chi connectivity index (χ4v) is 2.93. The molecule has 2 rings (SSSR count). The van der Waals surface area contributed by atoms with Crippen molar-refractivity contribution in [3.63, 3.8) is 0 Å². The third-order valence-electron chi connectivity index (χ3n) is 4.23. The van der Waals surface area contributed by atoms with Crippen molar-refractivity contribution in [2.24, 2.45) is 0 Å². The van der Waals surface area contributed by atoms with Crippen molar-refractivity contribution >= 4 is 22.8 Å². The number of nitrogens with one attached hydrogen (secondary N) is 1. The number of hydrogen-bond donors (Lipinski definition) is 2. The van der Waals surface area contributed by atoms with E-state index in [1.54, 1.807) is 6.07 Å². The van der Waals surface area contributed by atoms with E-state index in [0.29, 0.717) is 5.75 Å². The number of ether oxygens (including phenoxy) is 1. The minimum absolute atomic E-state index is 0.0438. The fraction of sp³-hybridized carbons (Fsp3) is 0.333. The minimum atomic E-state index is -0.916. The molecule has 1 aromatic heterocycles. The number of esters is 1. The number of fused-ring (bicyclic) bond motifs is 1. The van der Waals surface area contributed by atoms with Gasteiger partial charge in [-0.2, -0.15) is 0 Å². The summed E-state index contributed by atoms with van der Waals surface area (Å²) in [6.45, 7) is 10.0. The highest BCUT2D eigenvalue weighted by molar-refractivity contribution is 5.90. The van der Waals surface area contributed by atoms with Crippen LogP contribution in [0.5, 0.6) is 5.75 Å². The van der Waals surface area contributed by atoms with Crippen LogP contribution in [-0.4, -0.2) is 46.6 Å². The second-order valence-corrected chi connectivity index (χ2v) is 6.30. The predicted octanol–water partition coefficient (Wildman–Crippen LogP) is 3.54. The molecule has 1 heterocycles. The molecule has 0 saturated carbocycles. The van der Waals surface area contributed by atoms with Crippen LogP contribution in [0, 0.1) is 0 Å². The summed E-state index contributed by atoms with van der Waals surface area (Å²) in [5.41, 5.74) is 1.92. The fourth-order valence-electron chi connectivity index (χ4n) is 2.93. The van der Waals surface area contributed by atoms with E-state index in [4.69, 9.17) is 9.84 Å². The van der Waals surface area contributed by atoms with Gasteiger partial charge in [0.2, 0.25) is 0 Å². The molecule has 6 heteroatoms. The minimum Gasteiger partial charge on any atom is -0.481 e. The molecule has 0 bridgehead atoms. The van der Waals surface area contributed by atoms with E-state index in [1.807, 2.05) is 30.5 Å². The second-order valence-electron chi connectivity index (χ2n) is 6.30. The van der Waals surface area contributed by atoms with Gasteiger partial charge in [0.1, 0.15) is 0 Å². The molecule has 0 fully saturated rings. The van der Waals surface area contributed by atoms with Crippen molar-refractivity contribution in [1.82, 2.24) is 9.88 Å². The van der Waals surface area contributed by atoms with Crippen molar-refractivity contribution < 1.29 is 19.4 Å². The number of aliphatic carboxylic acids is 1. The first-order valence-electron chi connectivity index (χ1n) is 9.00. The summed E-state index contributed by atoms with van der Waals surface area (Å²) in [4.78, 5) is 27.9. The first-order chi connectivity index (χ1) is 13.0. The van der Waals surface area contributed by atoms with E-state index in [9.17, 15) is 9.59 Å². The number of benzene rings is 1. The van der Waals surface area contributed by atoms with E-state index < -0.39 is 11.9 Å². The Morgan fingerprint density at radius 1 is 1.19 bits per heavy atom. The summed E-state index contributed by atoms with van der Waals surface area (Å²) >= 11 is 0. The summed E-state index contributed by atoms with van der Waals surface area (Å²) in [6.07, 6.45) is 6.83. The number of aromatic nitrogens is 1. The number of nitrogens with zero attached hydrogens (tertiary/aromatic N) is 1. The molecule has 0 saturated heterocycles. The molecule has 0 aliphatic rings. The van der Waals surface area contributed by atoms with Crippen molar-refractivity contribution in [3.8, 4) is 5.75 Å². The van der Waals surface area contributed by atoms with Crippen LogP contribution in [0.2, 0.25) is 0 Å². The maximum atomic E-state index is 11.9. The van der Waals surface area contributed by atoms with Crippen molar-refractivity contribution in [3.05, 3.63) is 55.3 Å². The monoisotopic (exact) mass is 370 g/mol. The lowest BCUT2D eigenvalue weighted by atomic mass is 10.1. The lowest BCUT2D eigenvalue weighted by Gasteiger charge is -2.18. The summed E-state index contributed by atoms with van der Waals surface area (Å²) < 4.78 is 5.43. The predicted molar refractivity (Wildman–Crippen MR) is 106 cm³/mol. The highest BCUT2D eigenvalue weighted by Gasteiger charge is 2.13. The molecule has 0 aliphatic carbocycles. The molecule has 0 amide bonds. The summed E-state index contributed by atoms with van der Waals surface area (Å²) in [7, 11) is 0. The normalized spacial score (nSPS) is 10.9. The van der Waals surface area contributed by atoms with E-state index in [2.05, 4.69) is 23.0 Å². The highest BCUT2D eigenvalue weighted by Crippen LogP contribution is 2.28. The molecule has 0 aliphatic heterocycles. The Balaban J connectivity index is 2.04. The SMILES string of the molecule is C=CCN(CC=C)CCc1c[nH]c2c(OC(=O)CCCC(=O)O)cccc12. The van der Waals surface area contributed by atoms with Gasteiger partial charge in [0.05, 0.1) is 5.52 Å². The van der Waals surface area contributed by atoms with Crippen LogP contribution in [-0.2, 0) is 16.0 Å². The number of H-pyrrole nitrogens is 1. The number of para-hydroxylation sites is 1. The molecular weight excluding hydrogens is 344 g/mol. The van der Waals surface area contributed by atoms with E-state index in [1.165, 1.54) is 0 Å². The Kier molecular flexibility index (Phi) is 7.82. The van der Waals surface area contributed by atoms with Gasteiger partial charge in [0.25, 0.3) is 0 Å². The number of carbonyl (C=O) groups excluding carboxylic acids is 1. The number of rotatable bonds is 12. The van der Waals surface area contributed by atoms with Crippen molar-refractivity contribution in [1.29, 1.82) is 0 Å². The quantitative estimate of drug-likeness (QED) is 0.339. The van der Waals surface area contributed by atoms with E-state index in [0.717, 1.165) is 42.5 Å². The van der Waals surface area contributed by atoms with Crippen LogP contribution in [0.25, 0.3) is 10.9 Å². The van der Waals surface area contributed by atoms with Gasteiger partial charge < -0.3 is 14.8 Å². The number of aromatic amines is 1. The molecule has 2 aromatic rings. The molecule has 0 unspecified atom stereocenters. The number of carboxylic acids is 1. The molecular formula is C21H26N2O4. The van der Waals surface area contributed by atoms with Gasteiger partial charge in [-0.3, -0.25) is 14.5 Å².